The van der Waals surface area contributed by atoms with Crippen LogP contribution >= 0.6 is 0 Å². The molecule has 1 atom stereocenters. The highest BCUT2D eigenvalue weighted by atomic mass is 32.2. The van der Waals surface area contributed by atoms with E-state index in [0.717, 1.165) is 5.56 Å². The molecule has 0 saturated heterocycles. The minimum absolute atomic E-state index is 0.0246. The number of halogens is 1. The van der Waals surface area contributed by atoms with Crippen LogP contribution < -0.4 is 10.1 Å². The Kier molecular flexibility index (Phi) is 4.44. The van der Waals surface area contributed by atoms with E-state index < -0.39 is 9.84 Å². The highest BCUT2D eigenvalue weighted by Crippen LogP contribution is 2.40. The standard InChI is InChI=1S/C15H18FN3O4S/c1-3-24(20,21)7-6-13-18-15(23-19-13)11-8-9-12(22-2)5-4-10(16)14(9)17-11/h4-5,11,17H,3,6-8H2,1-2H3. The summed E-state index contributed by atoms with van der Waals surface area (Å²) in [6.07, 6.45) is 0.641. The summed E-state index contributed by atoms with van der Waals surface area (Å²) in [6.45, 7) is 1.60. The number of nitrogens with zero attached hydrogens (tertiary/aromatic N) is 2. The third-order valence-electron chi connectivity index (χ3n) is 4.02. The number of hydrogen-bond acceptors (Lipinski definition) is 7. The topological polar surface area (TPSA) is 94.3 Å². The number of benzene rings is 1. The molecule has 130 valence electrons. The molecule has 0 bridgehead atoms. The highest BCUT2D eigenvalue weighted by Gasteiger charge is 2.31. The zero-order valence-corrected chi connectivity index (χ0v) is 14.2. The number of ether oxygens (including phenoxy) is 1. The number of methoxy groups -OCH3 is 1. The van der Waals surface area contributed by atoms with Crippen molar-refractivity contribution in [3.05, 3.63) is 35.2 Å². The number of fused-ring (bicyclic) bond motifs is 1. The summed E-state index contributed by atoms with van der Waals surface area (Å²) in [5, 5.41) is 6.83. The molecule has 1 aliphatic heterocycles. The summed E-state index contributed by atoms with van der Waals surface area (Å²) in [6, 6.07) is 2.55. The summed E-state index contributed by atoms with van der Waals surface area (Å²) in [5.41, 5.74) is 1.09. The van der Waals surface area contributed by atoms with Crippen molar-refractivity contribution < 1.29 is 22.1 Å². The van der Waals surface area contributed by atoms with Crippen molar-refractivity contribution in [1.82, 2.24) is 10.1 Å². The van der Waals surface area contributed by atoms with Gasteiger partial charge in [0.15, 0.2) is 5.82 Å². The molecule has 2 aromatic rings. The van der Waals surface area contributed by atoms with E-state index in [2.05, 4.69) is 15.5 Å². The van der Waals surface area contributed by atoms with Gasteiger partial charge < -0.3 is 14.6 Å². The maximum absolute atomic E-state index is 13.9. The van der Waals surface area contributed by atoms with Gasteiger partial charge in [-0.25, -0.2) is 12.8 Å². The molecular weight excluding hydrogens is 337 g/mol. The van der Waals surface area contributed by atoms with Gasteiger partial charge >= 0.3 is 0 Å². The van der Waals surface area contributed by atoms with Gasteiger partial charge in [0.05, 0.1) is 18.6 Å². The zero-order valence-electron chi connectivity index (χ0n) is 13.4. The zero-order chi connectivity index (χ0) is 17.3. The third-order valence-corrected chi connectivity index (χ3v) is 5.73. The van der Waals surface area contributed by atoms with Crippen LogP contribution in [-0.4, -0.2) is 37.2 Å². The van der Waals surface area contributed by atoms with Gasteiger partial charge in [0.1, 0.15) is 27.4 Å². The maximum Gasteiger partial charge on any atom is 0.249 e. The lowest BCUT2D eigenvalue weighted by Crippen LogP contribution is -2.12. The molecule has 24 heavy (non-hydrogen) atoms. The lowest BCUT2D eigenvalue weighted by molar-refractivity contribution is 0.358. The van der Waals surface area contributed by atoms with Crippen LogP contribution in [0.3, 0.4) is 0 Å². The SMILES string of the molecule is CCS(=O)(=O)CCc1noc(C2Cc3c(OC)ccc(F)c3N2)n1. The fraction of sp³-hybridized carbons (Fsp3) is 0.467. The molecule has 0 saturated carbocycles. The Morgan fingerprint density at radius 3 is 2.96 bits per heavy atom. The van der Waals surface area contributed by atoms with Gasteiger partial charge in [0.25, 0.3) is 0 Å². The first kappa shape index (κ1) is 16.7. The fourth-order valence-electron chi connectivity index (χ4n) is 2.63. The van der Waals surface area contributed by atoms with E-state index in [9.17, 15) is 12.8 Å². The molecule has 0 radical (unpaired) electrons. The number of sulfone groups is 1. The third kappa shape index (κ3) is 3.21. The summed E-state index contributed by atoms with van der Waals surface area (Å²) >= 11 is 0. The number of rotatable bonds is 6. The van der Waals surface area contributed by atoms with Crippen molar-refractivity contribution in [2.24, 2.45) is 0 Å². The monoisotopic (exact) mass is 355 g/mol. The largest absolute Gasteiger partial charge is 0.496 e. The molecule has 0 amide bonds. The van der Waals surface area contributed by atoms with Crippen LogP contribution in [-0.2, 0) is 22.7 Å². The van der Waals surface area contributed by atoms with Crippen LogP contribution in [0, 0.1) is 5.82 Å². The number of hydrogen-bond donors (Lipinski definition) is 1. The maximum atomic E-state index is 13.9. The van der Waals surface area contributed by atoms with Gasteiger partial charge in [-0.2, -0.15) is 4.98 Å². The van der Waals surface area contributed by atoms with Crippen molar-refractivity contribution in [1.29, 1.82) is 0 Å². The molecular formula is C15H18FN3O4S. The summed E-state index contributed by atoms with van der Waals surface area (Å²) < 4.78 is 47.5. The Morgan fingerprint density at radius 1 is 1.46 bits per heavy atom. The fourth-order valence-corrected chi connectivity index (χ4v) is 3.41. The van der Waals surface area contributed by atoms with Crippen LogP contribution in [0.2, 0.25) is 0 Å². The van der Waals surface area contributed by atoms with E-state index >= 15 is 0 Å². The van der Waals surface area contributed by atoms with Crippen molar-refractivity contribution in [3.8, 4) is 5.75 Å². The quantitative estimate of drug-likeness (QED) is 0.846. The van der Waals surface area contributed by atoms with Crippen LogP contribution in [0.4, 0.5) is 10.1 Å². The van der Waals surface area contributed by atoms with Crippen LogP contribution in [0.5, 0.6) is 5.75 Å². The van der Waals surface area contributed by atoms with E-state index in [4.69, 9.17) is 9.26 Å². The van der Waals surface area contributed by atoms with E-state index in [-0.39, 0.29) is 29.8 Å². The second-order valence-electron chi connectivity index (χ2n) is 5.54. The first-order valence-electron chi connectivity index (χ1n) is 7.58. The minimum Gasteiger partial charge on any atom is -0.496 e. The molecule has 2 heterocycles. The van der Waals surface area contributed by atoms with Gasteiger partial charge in [-0.1, -0.05) is 12.1 Å². The minimum atomic E-state index is -3.09. The van der Waals surface area contributed by atoms with E-state index in [1.165, 1.54) is 13.2 Å². The number of nitrogens with one attached hydrogen (secondary N) is 1. The van der Waals surface area contributed by atoms with Gasteiger partial charge in [-0.05, 0) is 12.1 Å². The van der Waals surface area contributed by atoms with Crippen molar-refractivity contribution in [2.45, 2.75) is 25.8 Å². The summed E-state index contributed by atoms with van der Waals surface area (Å²) in [5.74, 6) is 0.903. The molecule has 1 N–H and O–H groups in total. The second-order valence-corrected chi connectivity index (χ2v) is 8.01. The molecule has 0 spiro atoms. The predicted molar refractivity (Wildman–Crippen MR) is 85.3 cm³/mol. The lowest BCUT2D eigenvalue weighted by atomic mass is 10.1. The molecule has 1 aromatic heterocycles. The second kappa shape index (κ2) is 6.39. The van der Waals surface area contributed by atoms with Gasteiger partial charge in [-0.15, -0.1) is 0 Å². The molecule has 1 aliphatic rings. The first-order valence-corrected chi connectivity index (χ1v) is 9.40. The molecule has 3 rings (SSSR count). The average molecular weight is 355 g/mol. The Bertz CT molecular complexity index is 850. The Hall–Kier alpha value is -2.16. The molecule has 0 aliphatic carbocycles. The molecule has 1 aromatic carbocycles. The predicted octanol–water partition coefficient (Wildman–Crippen LogP) is 1.90. The van der Waals surface area contributed by atoms with E-state index in [0.29, 0.717) is 29.6 Å². The molecule has 7 nitrogen and oxygen atoms in total. The Balaban J connectivity index is 1.75. The van der Waals surface area contributed by atoms with E-state index in [1.54, 1.807) is 13.0 Å². The van der Waals surface area contributed by atoms with E-state index in [1.807, 2.05) is 0 Å². The highest BCUT2D eigenvalue weighted by molar-refractivity contribution is 7.91. The molecule has 9 heteroatoms. The average Bonchev–Trinajstić information content (AvgIpc) is 3.21. The van der Waals surface area contributed by atoms with Gasteiger partial charge in [-0.3, -0.25) is 0 Å². The molecule has 0 fully saturated rings. The lowest BCUT2D eigenvalue weighted by Gasteiger charge is -2.06. The van der Waals surface area contributed by atoms with Crippen molar-refractivity contribution in [3.63, 3.8) is 0 Å². The molecule has 1 unspecified atom stereocenters. The van der Waals surface area contributed by atoms with Crippen molar-refractivity contribution >= 4 is 15.5 Å². The summed E-state index contributed by atoms with van der Waals surface area (Å²) in [7, 11) is -1.56. The van der Waals surface area contributed by atoms with Crippen molar-refractivity contribution in [2.75, 3.05) is 23.9 Å². The van der Waals surface area contributed by atoms with Crippen LogP contribution in [0.1, 0.15) is 30.2 Å². The number of anilines is 1. The number of aryl methyl sites for hydroxylation is 1. The normalized spacial score (nSPS) is 16.7. The van der Waals surface area contributed by atoms with Crippen LogP contribution in [0.25, 0.3) is 0 Å². The van der Waals surface area contributed by atoms with Gasteiger partial charge in [0, 0.05) is 24.2 Å². The smallest absolute Gasteiger partial charge is 0.249 e. The van der Waals surface area contributed by atoms with Crippen LogP contribution in [0.15, 0.2) is 16.7 Å². The van der Waals surface area contributed by atoms with Gasteiger partial charge in [0.2, 0.25) is 5.89 Å². The number of aromatic nitrogens is 2. The Morgan fingerprint density at radius 2 is 2.25 bits per heavy atom. The summed E-state index contributed by atoms with van der Waals surface area (Å²) in [4.78, 5) is 4.23. The first-order chi connectivity index (χ1) is 11.4. The Labute approximate surface area is 139 Å².